The first-order chi connectivity index (χ1) is 5.74. The van der Waals surface area contributed by atoms with Crippen LogP contribution >= 0.6 is 0 Å². The average molecular weight is 169 g/mol. The van der Waals surface area contributed by atoms with E-state index in [4.69, 9.17) is 0 Å². The molecule has 0 aromatic carbocycles. The predicted molar refractivity (Wildman–Crippen MR) is 40.5 cm³/mol. The Morgan fingerprint density at radius 2 is 2.42 bits per heavy atom. The van der Waals surface area contributed by atoms with Crippen molar-refractivity contribution >= 4 is 5.97 Å². The van der Waals surface area contributed by atoms with Gasteiger partial charge in [0.05, 0.1) is 13.2 Å². The third-order valence-corrected chi connectivity index (χ3v) is 2.57. The van der Waals surface area contributed by atoms with Crippen molar-refractivity contribution in [1.82, 2.24) is 5.06 Å². The van der Waals surface area contributed by atoms with E-state index >= 15 is 0 Å². The Morgan fingerprint density at radius 3 is 2.92 bits per heavy atom. The normalized spacial score (nSPS) is 39.0. The summed E-state index contributed by atoms with van der Waals surface area (Å²) in [5.41, 5.74) is 0. The van der Waals surface area contributed by atoms with Gasteiger partial charge in [-0.3, -0.25) is 4.79 Å². The molecular formula is C8H11NO3. The van der Waals surface area contributed by atoms with E-state index in [9.17, 15) is 10.0 Å². The zero-order chi connectivity index (χ0) is 8.72. The van der Waals surface area contributed by atoms with E-state index in [1.807, 2.05) is 12.2 Å². The number of rotatable bonds is 1. The van der Waals surface area contributed by atoms with E-state index in [-0.39, 0.29) is 17.9 Å². The van der Waals surface area contributed by atoms with Crippen molar-refractivity contribution in [2.75, 3.05) is 7.11 Å². The molecule has 1 N–H and O–H groups in total. The minimum atomic E-state index is -0.481. The molecule has 0 aromatic rings. The Bertz CT molecular complexity index is 238. The summed E-state index contributed by atoms with van der Waals surface area (Å²) < 4.78 is 4.58. The Kier molecular flexibility index (Phi) is 1.66. The third-order valence-electron chi connectivity index (χ3n) is 2.57. The Labute approximate surface area is 70.4 Å². The molecule has 2 rings (SSSR count). The van der Waals surface area contributed by atoms with E-state index < -0.39 is 6.04 Å². The lowest BCUT2D eigenvalue weighted by atomic mass is 10.0. The van der Waals surface area contributed by atoms with Crippen molar-refractivity contribution in [2.45, 2.75) is 18.5 Å². The van der Waals surface area contributed by atoms with Gasteiger partial charge < -0.3 is 9.94 Å². The summed E-state index contributed by atoms with van der Waals surface area (Å²) in [5.74, 6) is -0.221. The van der Waals surface area contributed by atoms with Crippen LogP contribution in [0.25, 0.3) is 0 Å². The molecule has 12 heavy (non-hydrogen) atoms. The van der Waals surface area contributed by atoms with Gasteiger partial charge in [0, 0.05) is 5.92 Å². The number of fused-ring (bicyclic) bond motifs is 2. The van der Waals surface area contributed by atoms with E-state index in [2.05, 4.69) is 4.74 Å². The maximum Gasteiger partial charge on any atom is 0.326 e. The van der Waals surface area contributed by atoms with Crippen LogP contribution < -0.4 is 0 Å². The first-order valence-electron chi connectivity index (χ1n) is 3.97. The van der Waals surface area contributed by atoms with Crippen LogP contribution in [-0.4, -0.2) is 35.4 Å². The van der Waals surface area contributed by atoms with Crippen LogP contribution in [0.5, 0.6) is 0 Å². The van der Waals surface area contributed by atoms with Crippen LogP contribution in [0.2, 0.25) is 0 Å². The number of hydrogen-bond acceptors (Lipinski definition) is 4. The van der Waals surface area contributed by atoms with Gasteiger partial charge in [-0.15, -0.1) is 0 Å². The minimum Gasteiger partial charge on any atom is -0.468 e. The number of carbonyl (C=O) groups excluding carboxylic acids is 1. The monoisotopic (exact) mass is 169 g/mol. The van der Waals surface area contributed by atoms with Gasteiger partial charge in [0.1, 0.15) is 6.04 Å². The van der Waals surface area contributed by atoms with Gasteiger partial charge >= 0.3 is 5.97 Å². The number of ether oxygens (including phenoxy) is 1. The molecule has 1 heterocycles. The Morgan fingerprint density at radius 1 is 1.67 bits per heavy atom. The summed E-state index contributed by atoms with van der Waals surface area (Å²) in [6.07, 6.45) is 4.72. The van der Waals surface area contributed by atoms with Gasteiger partial charge in [0.25, 0.3) is 0 Å². The maximum absolute atomic E-state index is 11.2. The van der Waals surface area contributed by atoms with E-state index in [1.54, 1.807) is 0 Å². The zero-order valence-corrected chi connectivity index (χ0v) is 6.80. The highest BCUT2D eigenvalue weighted by Crippen LogP contribution is 2.36. The molecule has 1 fully saturated rings. The molecule has 1 aliphatic carbocycles. The summed E-state index contributed by atoms with van der Waals surface area (Å²) in [6.45, 7) is 0. The van der Waals surface area contributed by atoms with Crippen LogP contribution in [0.1, 0.15) is 6.42 Å². The summed E-state index contributed by atoms with van der Waals surface area (Å²) in [7, 11) is 1.34. The molecule has 1 saturated heterocycles. The van der Waals surface area contributed by atoms with Crippen LogP contribution in [0.4, 0.5) is 0 Å². The molecule has 0 radical (unpaired) electrons. The fourth-order valence-corrected chi connectivity index (χ4v) is 1.94. The number of hydroxylamine groups is 2. The molecule has 66 valence electrons. The number of methoxy groups -OCH3 is 1. The first-order valence-corrected chi connectivity index (χ1v) is 3.97. The van der Waals surface area contributed by atoms with Gasteiger partial charge in [-0.05, 0) is 6.42 Å². The smallest absolute Gasteiger partial charge is 0.326 e. The van der Waals surface area contributed by atoms with Gasteiger partial charge in [-0.1, -0.05) is 12.2 Å². The van der Waals surface area contributed by atoms with Gasteiger partial charge in [0.15, 0.2) is 0 Å². The molecule has 0 spiro atoms. The summed E-state index contributed by atoms with van der Waals surface area (Å²) in [4.78, 5) is 11.2. The SMILES string of the molecule is COC(=O)[C@@H]1[C@H]2C=C[C@H](C2)N1O. The van der Waals surface area contributed by atoms with Gasteiger partial charge in [-0.25, -0.2) is 0 Å². The quantitative estimate of drug-likeness (QED) is 0.449. The molecule has 3 atom stereocenters. The second-order valence-electron chi connectivity index (χ2n) is 3.20. The molecule has 4 heteroatoms. The van der Waals surface area contributed by atoms with Crippen molar-refractivity contribution in [3.05, 3.63) is 12.2 Å². The highest BCUT2D eigenvalue weighted by molar-refractivity contribution is 5.77. The predicted octanol–water partition coefficient (Wildman–Crippen LogP) is 0.177. The lowest BCUT2D eigenvalue weighted by Crippen LogP contribution is -2.42. The van der Waals surface area contributed by atoms with E-state index in [1.165, 1.54) is 7.11 Å². The average Bonchev–Trinajstić information content (AvgIpc) is 2.63. The number of nitrogens with zero attached hydrogens (tertiary/aromatic N) is 1. The van der Waals surface area contributed by atoms with Crippen molar-refractivity contribution in [3.63, 3.8) is 0 Å². The lowest BCUT2D eigenvalue weighted by molar-refractivity contribution is -0.172. The molecule has 0 amide bonds. The third kappa shape index (κ3) is 0.884. The van der Waals surface area contributed by atoms with Crippen molar-refractivity contribution < 1.29 is 14.7 Å². The topological polar surface area (TPSA) is 49.8 Å². The first kappa shape index (κ1) is 7.76. The summed E-state index contributed by atoms with van der Waals surface area (Å²) >= 11 is 0. The van der Waals surface area contributed by atoms with Crippen LogP contribution in [0.3, 0.4) is 0 Å². The highest BCUT2D eigenvalue weighted by atomic mass is 16.5. The van der Waals surface area contributed by atoms with Crippen LogP contribution in [0.15, 0.2) is 12.2 Å². The second-order valence-corrected chi connectivity index (χ2v) is 3.20. The lowest BCUT2D eigenvalue weighted by Gasteiger charge is -2.23. The Hall–Kier alpha value is -0.870. The number of esters is 1. The fraction of sp³-hybridized carbons (Fsp3) is 0.625. The molecule has 0 aromatic heterocycles. The molecular weight excluding hydrogens is 158 g/mol. The highest BCUT2D eigenvalue weighted by Gasteiger charge is 2.46. The van der Waals surface area contributed by atoms with Crippen LogP contribution in [0, 0.1) is 5.92 Å². The number of carbonyl (C=O) groups is 1. The van der Waals surface area contributed by atoms with Crippen molar-refractivity contribution in [2.24, 2.45) is 5.92 Å². The second kappa shape index (κ2) is 2.57. The van der Waals surface area contributed by atoms with E-state index in [0.717, 1.165) is 11.5 Å². The van der Waals surface area contributed by atoms with Crippen molar-refractivity contribution in [3.8, 4) is 0 Å². The fourth-order valence-electron chi connectivity index (χ4n) is 1.94. The summed E-state index contributed by atoms with van der Waals surface area (Å²) in [6, 6.07) is -0.468. The van der Waals surface area contributed by atoms with Gasteiger partial charge in [-0.2, -0.15) is 5.06 Å². The molecule has 1 aliphatic heterocycles. The van der Waals surface area contributed by atoms with Gasteiger partial charge in [0.2, 0.25) is 0 Å². The Balaban J connectivity index is 2.18. The van der Waals surface area contributed by atoms with E-state index in [0.29, 0.717) is 0 Å². The van der Waals surface area contributed by atoms with Crippen LogP contribution in [-0.2, 0) is 9.53 Å². The molecule has 0 saturated carbocycles. The minimum absolute atomic E-state index is 0.0131. The largest absolute Gasteiger partial charge is 0.468 e. The molecule has 0 unspecified atom stereocenters. The maximum atomic E-state index is 11.2. The number of hydrogen-bond donors (Lipinski definition) is 1. The standard InChI is InChI=1S/C8H11NO3/c1-12-8(10)7-5-2-3-6(4-5)9(7)11/h2-3,5-7,11H,4H2,1H3/t5-,6+,7-/m0/s1. The molecule has 2 aliphatic rings. The van der Waals surface area contributed by atoms with Crippen molar-refractivity contribution in [1.29, 1.82) is 0 Å². The molecule has 2 bridgehead atoms. The zero-order valence-electron chi connectivity index (χ0n) is 6.80. The molecule has 4 nitrogen and oxygen atoms in total. The summed E-state index contributed by atoms with van der Waals surface area (Å²) in [5, 5.41) is 10.6.